The number of amides is 1. The second-order valence-electron chi connectivity index (χ2n) is 5.71. The number of halogens is 1. The lowest BCUT2D eigenvalue weighted by molar-refractivity contribution is 0.0774. The van der Waals surface area contributed by atoms with E-state index in [0.717, 1.165) is 19.5 Å². The lowest BCUT2D eigenvalue weighted by Gasteiger charge is -2.23. The van der Waals surface area contributed by atoms with Gasteiger partial charge in [-0.2, -0.15) is 0 Å². The molecular weight excluding hydrogens is 288 g/mol. The van der Waals surface area contributed by atoms with Crippen LogP contribution in [0.3, 0.4) is 0 Å². The molecule has 2 saturated heterocycles. The minimum Gasteiger partial charge on any atom is -0.373 e. The first kappa shape index (κ1) is 14.6. The third-order valence-electron chi connectivity index (χ3n) is 4.41. The van der Waals surface area contributed by atoms with Gasteiger partial charge in [0, 0.05) is 26.2 Å². The average Bonchev–Trinajstić information content (AvgIpc) is 3.18. The van der Waals surface area contributed by atoms with Gasteiger partial charge in [0.15, 0.2) is 0 Å². The summed E-state index contributed by atoms with van der Waals surface area (Å²) in [4.78, 5) is 21.3. The summed E-state index contributed by atoms with van der Waals surface area (Å²) in [6, 6.07) is 4.00. The summed E-state index contributed by atoms with van der Waals surface area (Å²) in [5.41, 5.74) is 0.352. The Hall–Kier alpha value is -1.33. The molecule has 114 valence electrons. The van der Waals surface area contributed by atoms with Crippen molar-refractivity contribution in [3.8, 4) is 0 Å². The summed E-state index contributed by atoms with van der Waals surface area (Å²) in [5, 5.41) is 3.36. The number of nitrogens with one attached hydrogen (secondary N) is 1. The highest BCUT2D eigenvalue weighted by Gasteiger charge is 2.33. The van der Waals surface area contributed by atoms with Gasteiger partial charge in [0.1, 0.15) is 11.5 Å². The molecule has 2 aliphatic heterocycles. The molecule has 0 spiro atoms. The molecule has 2 aliphatic rings. The van der Waals surface area contributed by atoms with Crippen molar-refractivity contribution in [2.75, 3.05) is 38.5 Å². The van der Waals surface area contributed by atoms with Crippen LogP contribution in [0.1, 0.15) is 29.8 Å². The molecule has 0 aromatic carbocycles. The molecule has 21 heavy (non-hydrogen) atoms. The lowest BCUT2D eigenvalue weighted by Crippen LogP contribution is -2.37. The van der Waals surface area contributed by atoms with E-state index in [0.29, 0.717) is 22.6 Å². The molecule has 2 fully saturated rings. The van der Waals surface area contributed by atoms with Crippen LogP contribution < -0.4 is 5.32 Å². The fourth-order valence-electron chi connectivity index (χ4n) is 3.21. The van der Waals surface area contributed by atoms with Gasteiger partial charge in [-0.05, 0) is 44.5 Å². The molecule has 3 heterocycles. The van der Waals surface area contributed by atoms with Crippen LogP contribution >= 0.6 is 11.6 Å². The number of aromatic nitrogens is 1. The van der Waals surface area contributed by atoms with Crippen molar-refractivity contribution in [1.29, 1.82) is 0 Å². The third-order valence-corrected chi connectivity index (χ3v) is 4.72. The molecule has 0 aliphatic carbocycles. The highest BCUT2D eigenvalue weighted by atomic mass is 35.5. The molecule has 3 rings (SSSR count). The molecule has 5 nitrogen and oxygen atoms in total. The van der Waals surface area contributed by atoms with Crippen LogP contribution in [0.25, 0.3) is 0 Å². The van der Waals surface area contributed by atoms with E-state index in [1.807, 2.05) is 4.90 Å². The first-order valence-electron chi connectivity index (χ1n) is 7.56. The van der Waals surface area contributed by atoms with Crippen molar-refractivity contribution >= 4 is 23.3 Å². The van der Waals surface area contributed by atoms with Crippen molar-refractivity contribution in [2.24, 2.45) is 0 Å². The van der Waals surface area contributed by atoms with E-state index in [4.69, 9.17) is 11.6 Å². The second-order valence-corrected chi connectivity index (χ2v) is 6.12. The van der Waals surface area contributed by atoms with Crippen LogP contribution in [0.15, 0.2) is 12.1 Å². The highest BCUT2D eigenvalue weighted by Crippen LogP contribution is 2.24. The Balaban J connectivity index is 1.71. The van der Waals surface area contributed by atoms with Gasteiger partial charge in [0.25, 0.3) is 5.91 Å². The van der Waals surface area contributed by atoms with Crippen molar-refractivity contribution < 1.29 is 4.79 Å². The number of pyridine rings is 1. The van der Waals surface area contributed by atoms with Gasteiger partial charge >= 0.3 is 0 Å². The largest absolute Gasteiger partial charge is 0.373 e. The van der Waals surface area contributed by atoms with E-state index in [9.17, 15) is 4.79 Å². The number of nitrogens with zero attached hydrogens (tertiary/aromatic N) is 3. The lowest BCUT2D eigenvalue weighted by atomic mass is 10.2. The number of carbonyl (C=O) groups is 1. The number of likely N-dealkylation sites (tertiary alicyclic amines) is 2. The number of rotatable bonds is 3. The van der Waals surface area contributed by atoms with Crippen molar-refractivity contribution in [3.05, 3.63) is 22.8 Å². The van der Waals surface area contributed by atoms with Gasteiger partial charge in [0.2, 0.25) is 0 Å². The summed E-state index contributed by atoms with van der Waals surface area (Å²) in [5.74, 6) is 0.608. The standard InChI is InChI=1S/C15H21ClN4O/c1-17-13-5-4-12(16)14(18-13)15(21)20-9-6-11(10-20)19-7-2-3-8-19/h4-5,11H,2-3,6-10H2,1H3,(H,17,18). The fourth-order valence-corrected chi connectivity index (χ4v) is 3.40. The van der Waals surface area contributed by atoms with Crippen LogP contribution in [-0.2, 0) is 0 Å². The monoisotopic (exact) mass is 308 g/mol. The molecule has 0 bridgehead atoms. The molecule has 0 radical (unpaired) electrons. The van der Waals surface area contributed by atoms with Gasteiger partial charge in [-0.3, -0.25) is 9.69 Å². The van der Waals surface area contributed by atoms with Crippen LogP contribution in [0.5, 0.6) is 0 Å². The van der Waals surface area contributed by atoms with E-state index in [-0.39, 0.29) is 5.91 Å². The summed E-state index contributed by atoms with van der Waals surface area (Å²) >= 11 is 6.14. The van der Waals surface area contributed by atoms with Gasteiger partial charge in [-0.25, -0.2) is 4.98 Å². The first-order valence-corrected chi connectivity index (χ1v) is 7.94. The zero-order valence-corrected chi connectivity index (χ0v) is 13.1. The van der Waals surface area contributed by atoms with Crippen molar-refractivity contribution in [3.63, 3.8) is 0 Å². The van der Waals surface area contributed by atoms with E-state index in [2.05, 4.69) is 15.2 Å². The van der Waals surface area contributed by atoms with E-state index < -0.39 is 0 Å². The molecular formula is C15H21ClN4O. The number of hydrogen-bond donors (Lipinski definition) is 1. The van der Waals surface area contributed by atoms with Crippen LogP contribution in [0.2, 0.25) is 5.02 Å². The quantitative estimate of drug-likeness (QED) is 0.929. The van der Waals surface area contributed by atoms with Gasteiger partial charge < -0.3 is 10.2 Å². The Labute approximate surface area is 130 Å². The zero-order valence-electron chi connectivity index (χ0n) is 12.3. The van der Waals surface area contributed by atoms with Crippen molar-refractivity contribution in [2.45, 2.75) is 25.3 Å². The maximum atomic E-state index is 12.6. The molecule has 1 aromatic heterocycles. The maximum Gasteiger partial charge on any atom is 0.274 e. The molecule has 1 atom stereocenters. The predicted octanol–water partition coefficient (Wildman–Crippen LogP) is 2.09. The second kappa shape index (κ2) is 6.20. The third kappa shape index (κ3) is 2.99. The highest BCUT2D eigenvalue weighted by molar-refractivity contribution is 6.33. The summed E-state index contributed by atoms with van der Waals surface area (Å²) < 4.78 is 0. The number of hydrogen-bond acceptors (Lipinski definition) is 4. The Morgan fingerprint density at radius 2 is 2.10 bits per heavy atom. The molecule has 1 amide bonds. The molecule has 0 saturated carbocycles. The van der Waals surface area contributed by atoms with Crippen molar-refractivity contribution in [1.82, 2.24) is 14.8 Å². The minimum atomic E-state index is -0.0567. The Bertz CT molecular complexity index is 530. The predicted molar refractivity (Wildman–Crippen MR) is 83.9 cm³/mol. The summed E-state index contributed by atoms with van der Waals surface area (Å²) in [7, 11) is 1.78. The van der Waals surface area contributed by atoms with Crippen LogP contribution in [0.4, 0.5) is 5.82 Å². The molecule has 1 aromatic rings. The Kier molecular flexibility index (Phi) is 4.31. The molecule has 1 N–H and O–H groups in total. The number of carbonyl (C=O) groups excluding carboxylic acids is 1. The summed E-state index contributed by atoms with van der Waals surface area (Å²) in [6.07, 6.45) is 3.61. The van der Waals surface area contributed by atoms with Crippen LogP contribution in [0, 0.1) is 0 Å². The van der Waals surface area contributed by atoms with Crippen LogP contribution in [-0.4, -0.2) is 60.0 Å². The maximum absolute atomic E-state index is 12.6. The van der Waals surface area contributed by atoms with E-state index >= 15 is 0 Å². The minimum absolute atomic E-state index is 0.0567. The fraction of sp³-hybridized carbons (Fsp3) is 0.600. The zero-order chi connectivity index (χ0) is 14.8. The van der Waals surface area contributed by atoms with Gasteiger partial charge in [-0.15, -0.1) is 0 Å². The Morgan fingerprint density at radius 3 is 2.81 bits per heavy atom. The molecule has 6 heteroatoms. The first-order chi connectivity index (χ1) is 10.2. The average molecular weight is 309 g/mol. The molecule has 1 unspecified atom stereocenters. The number of anilines is 1. The smallest absolute Gasteiger partial charge is 0.274 e. The SMILES string of the molecule is CNc1ccc(Cl)c(C(=O)N2CCC(N3CCCC3)C2)n1. The Morgan fingerprint density at radius 1 is 1.33 bits per heavy atom. The van der Waals surface area contributed by atoms with E-state index in [1.165, 1.54) is 25.9 Å². The topological polar surface area (TPSA) is 48.5 Å². The van der Waals surface area contributed by atoms with Gasteiger partial charge in [0.05, 0.1) is 5.02 Å². The normalized spacial score (nSPS) is 22.8. The van der Waals surface area contributed by atoms with E-state index in [1.54, 1.807) is 19.2 Å². The van der Waals surface area contributed by atoms with Gasteiger partial charge in [-0.1, -0.05) is 11.6 Å². The summed E-state index contributed by atoms with van der Waals surface area (Å²) in [6.45, 7) is 3.92.